The molecule has 10 N–H and O–H groups in total. The lowest BCUT2D eigenvalue weighted by atomic mass is 9.92. The van der Waals surface area contributed by atoms with Gasteiger partial charge in [0.25, 0.3) is 0 Å². The Morgan fingerprint density at radius 1 is 0.826 bits per heavy atom. The van der Waals surface area contributed by atoms with Crippen LogP contribution < -0.4 is 5.73 Å². The molecule has 0 aromatic rings. The average Bonchev–Trinajstić information content (AvgIpc) is 2.55. The molecule has 0 amide bonds. The van der Waals surface area contributed by atoms with E-state index in [-0.39, 0.29) is 0 Å². The maximum absolute atomic E-state index is 11.7. The molecular weight excluding hydrogens is 318 g/mol. The molecule has 0 aromatic heterocycles. The van der Waals surface area contributed by atoms with Crippen LogP contribution in [-0.4, -0.2) is 108 Å². The van der Waals surface area contributed by atoms with Gasteiger partial charge in [0.1, 0.15) is 42.7 Å². The molecule has 0 spiro atoms. The SMILES string of the molecule is CC(O)C(O)C(O)C(O)C(=O)C(=O)C(N)C(O)C(O)C(O)CO. The zero-order valence-electron chi connectivity index (χ0n) is 12.3. The molecule has 0 heterocycles. The van der Waals surface area contributed by atoms with Crippen molar-refractivity contribution in [3.05, 3.63) is 0 Å². The molecule has 0 aromatic carbocycles. The molecule has 0 aliphatic carbocycles. The van der Waals surface area contributed by atoms with E-state index in [0.717, 1.165) is 6.92 Å². The summed E-state index contributed by atoms with van der Waals surface area (Å²) in [4.78, 5) is 23.4. The maximum atomic E-state index is 11.7. The molecule has 0 saturated carbocycles. The number of carbonyl (C=O) groups excluding carboxylic acids is 2. The minimum absolute atomic E-state index is 0.949. The summed E-state index contributed by atoms with van der Waals surface area (Å²) in [5.41, 5.74) is 5.25. The third-order valence-corrected chi connectivity index (χ3v) is 3.28. The smallest absolute Gasteiger partial charge is 0.231 e. The molecule has 0 bridgehead atoms. The Balaban J connectivity index is 4.97. The van der Waals surface area contributed by atoms with E-state index in [1.807, 2.05) is 0 Å². The van der Waals surface area contributed by atoms with Crippen molar-refractivity contribution in [2.75, 3.05) is 6.61 Å². The summed E-state index contributed by atoms with van der Waals surface area (Å²) in [6, 6.07) is -2.07. The molecule has 11 nitrogen and oxygen atoms in total. The molecule has 0 saturated heterocycles. The lowest BCUT2D eigenvalue weighted by molar-refractivity contribution is -0.155. The van der Waals surface area contributed by atoms with Crippen LogP contribution in [-0.2, 0) is 9.59 Å². The molecular formula is C12H23NO10. The molecule has 8 unspecified atom stereocenters. The Morgan fingerprint density at radius 2 is 1.30 bits per heavy atom. The fourth-order valence-corrected chi connectivity index (χ4v) is 1.64. The van der Waals surface area contributed by atoms with E-state index in [9.17, 15) is 35.1 Å². The van der Waals surface area contributed by atoms with Gasteiger partial charge in [0.2, 0.25) is 11.6 Å². The predicted octanol–water partition coefficient (Wildman–Crippen LogP) is -6.01. The Bertz CT molecular complexity index is 403. The summed E-state index contributed by atoms with van der Waals surface area (Å²) < 4.78 is 0. The second kappa shape index (κ2) is 9.32. The molecule has 0 fully saturated rings. The molecule has 0 aliphatic rings. The van der Waals surface area contributed by atoms with Gasteiger partial charge in [-0.05, 0) is 6.92 Å². The highest BCUT2D eigenvalue weighted by Crippen LogP contribution is 2.10. The Kier molecular flexibility index (Phi) is 8.90. The number of Topliss-reactive ketones (excluding diaryl/α,β-unsaturated/α-hetero) is 2. The van der Waals surface area contributed by atoms with Gasteiger partial charge in [0.05, 0.1) is 12.7 Å². The second-order valence-corrected chi connectivity index (χ2v) is 5.15. The normalized spacial score (nSPS) is 22.3. The van der Waals surface area contributed by atoms with Crippen molar-refractivity contribution in [2.24, 2.45) is 5.73 Å². The van der Waals surface area contributed by atoms with Crippen LogP contribution in [0.3, 0.4) is 0 Å². The average molecular weight is 341 g/mol. The van der Waals surface area contributed by atoms with Gasteiger partial charge >= 0.3 is 0 Å². The van der Waals surface area contributed by atoms with Crippen LogP contribution in [0.25, 0.3) is 0 Å². The third-order valence-electron chi connectivity index (χ3n) is 3.28. The van der Waals surface area contributed by atoms with E-state index in [1.165, 1.54) is 0 Å². The van der Waals surface area contributed by atoms with Gasteiger partial charge in [0.15, 0.2) is 0 Å². The van der Waals surface area contributed by atoms with E-state index in [2.05, 4.69) is 0 Å². The Morgan fingerprint density at radius 3 is 1.70 bits per heavy atom. The molecule has 23 heavy (non-hydrogen) atoms. The minimum atomic E-state index is -2.43. The Hall–Kier alpha value is -1.02. The highest BCUT2D eigenvalue weighted by Gasteiger charge is 2.41. The molecule has 0 rings (SSSR count). The second-order valence-electron chi connectivity index (χ2n) is 5.15. The first-order valence-electron chi connectivity index (χ1n) is 6.68. The monoisotopic (exact) mass is 341 g/mol. The van der Waals surface area contributed by atoms with E-state index in [4.69, 9.17) is 21.1 Å². The van der Waals surface area contributed by atoms with Crippen LogP contribution in [0.15, 0.2) is 0 Å². The van der Waals surface area contributed by atoms with Gasteiger partial charge in [0, 0.05) is 0 Å². The van der Waals surface area contributed by atoms with Crippen LogP contribution in [0.1, 0.15) is 6.92 Å². The van der Waals surface area contributed by atoms with Crippen molar-refractivity contribution >= 4 is 11.6 Å². The van der Waals surface area contributed by atoms with Crippen LogP contribution in [0.2, 0.25) is 0 Å². The molecule has 0 radical (unpaired) electrons. The van der Waals surface area contributed by atoms with Crippen molar-refractivity contribution < 1.29 is 50.4 Å². The van der Waals surface area contributed by atoms with E-state index in [0.29, 0.717) is 0 Å². The first kappa shape index (κ1) is 22.0. The molecule has 8 atom stereocenters. The lowest BCUT2D eigenvalue weighted by Gasteiger charge is -2.27. The maximum Gasteiger partial charge on any atom is 0.231 e. The number of carbonyl (C=O) groups is 2. The van der Waals surface area contributed by atoms with Crippen LogP contribution in [0, 0.1) is 0 Å². The van der Waals surface area contributed by atoms with Crippen molar-refractivity contribution in [3.63, 3.8) is 0 Å². The van der Waals surface area contributed by atoms with Gasteiger partial charge in [-0.25, -0.2) is 0 Å². The highest BCUT2D eigenvalue weighted by molar-refractivity contribution is 6.41. The standard InChI is InChI=1S/C12H23NO10/c1-3(15)6(17)10(21)12(23)11(22)9(20)5(13)8(19)7(18)4(16)2-14/h3-8,10,12,14-19,21,23H,2,13H2,1H3. The zero-order valence-corrected chi connectivity index (χ0v) is 12.3. The first-order chi connectivity index (χ1) is 10.5. The topological polar surface area (TPSA) is 222 Å². The number of nitrogens with two attached hydrogens (primary N) is 1. The van der Waals surface area contributed by atoms with Gasteiger partial charge in [-0.15, -0.1) is 0 Å². The summed E-state index contributed by atoms with van der Waals surface area (Å²) >= 11 is 0. The number of hydrogen-bond acceptors (Lipinski definition) is 11. The quantitative estimate of drug-likeness (QED) is 0.170. The summed E-state index contributed by atoms with van der Waals surface area (Å²) in [5, 5.41) is 74.1. The summed E-state index contributed by atoms with van der Waals surface area (Å²) in [7, 11) is 0. The van der Waals surface area contributed by atoms with Gasteiger partial charge in [-0.1, -0.05) is 0 Å². The summed E-state index contributed by atoms with van der Waals surface area (Å²) in [5.74, 6) is -3.26. The predicted molar refractivity (Wildman–Crippen MR) is 72.8 cm³/mol. The van der Waals surface area contributed by atoms with Crippen LogP contribution >= 0.6 is 0 Å². The molecule has 136 valence electrons. The summed E-state index contributed by atoms with van der Waals surface area (Å²) in [6.45, 7) is 0.115. The third kappa shape index (κ3) is 5.53. The number of aliphatic hydroxyl groups is 8. The zero-order chi connectivity index (χ0) is 18.5. The summed E-state index contributed by atoms with van der Waals surface area (Å²) in [6.07, 6.45) is -14.1. The van der Waals surface area contributed by atoms with Crippen molar-refractivity contribution in [1.29, 1.82) is 0 Å². The van der Waals surface area contributed by atoms with Crippen molar-refractivity contribution in [1.82, 2.24) is 0 Å². The molecule has 11 heteroatoms. The fraction of sp³-hybridized carbons (Fsp3) is 0.833. The van der Waals surface area contributed by atoms with E-state index >= 15 is 0 Å². The fourth-order valence-electron chi connectivity index (χ4n) is 1.64. The van der Waals surface area contributed by atoms with Crippen LogP contribution in [0.5, 0.6) is 0 Å². The highest BCUT2D eigenvalue weighted by atomic mass is 16.4. The van der Waals surface area contributed by atoms with Crippen molar-refractivity contribution in [2.45, 2.75) is 55.7 Å². The van der Waals surface area contributed by atoms with E-state index < -0.39 is 66.9 Å². The largest absolute Gasteiger partial charge is 0.394 e. The Labute approximate surface area is 131 Å². The number of rotatable bonds is 10. The van der Waals surface area contributed by atoms with Gasteiger partial charge in [-0.3, -0.25) is 9.59 Å². The number of hydrogen-bond donors (Lipinski definition) is 9. The number of aliphatic hydroxyl groups excluding tert-OH is 8. The van der Waals surface area contributed by atoms with Crippen LogP contribution in [0.4, 0.5) is 0 Å². The minimum Gasteiger partial charge on any atom is -0.394 e. The first-order valence-corrected chi connectivity index (χ1v) is 6.68. The van der Waals surface area contributed by atoms with Gasteiger partial charge < -0.3 is 46.6 Å². The molecule has 0 aliphatic heterocycles. The van der Waals surface area contributed by atoms with E-state index in [1.54, 1.807) is 0 Å². The number of ketones is 2. The lowest BCUT2D eigenvalue weighted by Crippen LogP contribution is -2.57. The van der Waals surface area contributed by atoms with Crippen molar-refractivity contribution in [3.8, 4) is 0 Å². The van der Waals surface area contributed by atoms with Gasteiger partial charge in [-0.2, -0.15) is 0 Å².